The molecule has 1 fully saturated rings. The summed E-state index contributed by atoms with van der Waals surface area (Å²) in [5.74, 6) is 1.29. The zero-order valence-electron chi connectivity index (χ0n) is 15.7. The zero-order valence-corrected chi connectivity index (χ0v) is 15.7. The number of likely N-dealkylation sites (N-methyl/N-ethyl adjacent to an activating group) is 1. The second-order valence-electron chi connectivity index (χ2n) is 7.48. The molecule has 1 aromatic carbocycles. The third-order valence-corrected chi connectivity index (χ3v) is 5.94. The summed E-state index contributed by atoms with van der Waals surface area (Å²) in [5.41, 5.74) is 2.63. The molecule has 2 aliphatic heterocycles. The van der Waals surface area contributed by atoms with Gasteiger partial charge in [0.05, 0.1) is 17.5 Å². The summed E-state index contributed by atoms with van der Waals surface area (Å²) in [5, 5.41) is 8.31. The third-order valence-electron chi connectivity index (χ3n) is 5.94. The lowest BCUT2D eigenvalue weighted by molar-refractivity contribution is -0.124. The minimum absolute atomic E-state index is 0.213. The summed E-state index contributed by atoms with van der Waals surface area (Å²) in [6.07, 6.45) is 5.03. The van der Waals surface area contributed by atoms with Crippen molar-refractivity contribution in [3.8, 4) is 11.5 Å². The maximum Gasteiger partial charge on any atom is 0.249 e. The predicted octanol–water partition coefficient (Wildman–Crippen LogP) is 2.64. The van der Waals surface area contributed by atoms with Crippen LogP contribution in [0.2, 0.25) is 0 Å². The van der Waals surface area contributed by atoms with Crippen LogP contribution < -0.4 is 4.90 Å². The van der Waals surface area contributed by atoms with Crippen LogP contribution in [-0.2, 0) is 16.8 Å². The number of amides is 1. The first-order chi connectivity index (χ1) is 13.7. The van der Waals surface area contributed by atoms with E-state index in [-0.39, 0.29) is 5.91 Å². The van der Waals surface area contributed by atoms with E-state index in [2.05, 4.69) is 26.1 Å². The van der Waals surface area contributed by atoms with E-state index in [1.165, 1.54) is 5.56 Å². The number of carbonyl (C=O) groups excluding carboxylic acids is 1. The van der Waals surface area contributed by atoms with E-state index in [9.17, 15) is 4.79 Å². The van der Waals surface area contributed by atoms with Crippen LogP contribution in [0.25, 0.3) is 11.5 Å². The number of carbonyl (C=O) groups is 1. The Balaban J connectivity index is 1.30. The first kappa shape index (κ1) is 17.1. The second-order valence-corrected chi connectivity index (χ2v) is 7.48. The first-order valence-corrected chi connectivity index (χ1v) is 9.50. The Morgan fingerprint density at radius 3 is 2.71 bits per heavy atom. The molecule has 0 unspecified atom stereocenters. The topological polar surface area (TPSA) is 75.4 Å². The molecule has 0 N–H and O–H groups in total. The van der Waals surface area contributed by atoms with Crippen LogP contribution in [0.3, 0.4) is 0 Å². The lowest BCUT2D eigenvalue weighted by Crippen LogP contribution is -2.47. The molecular formula is C21H21N5O2. The summed E-state index contributed by atoms with van der Waals surface area (Å²) in [7, 11) is 1.88. The summed E-state index contributed by atoms with van der Waals surface area (Å²) < 4.78 is 5.80. The number of benzene rings is 1. The molecule has 7 nitrogen and oxygen atoms in total. The molecule has 2 aromatic heterocycles. The highest BCUT2D eigenvalue weighted by Crippen LogP contribution is 2.47. The maximum absolute atomic E-state index is 13.0. The fourth-order valence-corrected chi connectivity index (χ4v) is 4.41. The van der Waals surface area contributed by atoms with E-state index in [1.54, 1.807) is 12.4 Å². The number of likely N-dealkylation sites (tertiary alicyclic amines) is 1. The van der Waals surface area contributed by atoms with E-state index in [1.807, 2.05) is 42.3 Å². The third kappa shape index (κ3) is 2.62. The average Bonchev–Trinajstić information content (AvgIpc) is 3.29. The van der Waals surface area contributed by atoms with Gasteiger partial charge in [-0.2, -0.15) is 0 Å². The Bertz CT molecular complexity index is 1010. The van der Waals surface area contributed by atoms with Gasteiger partial charge >= 0.3 is 0 Å². The Kier molecular flexibility index (Phi) is 3.98. The van der Waals surface area contributed by atoms with Gasteiger partial charge in [-0.1, -0.05) is 18.2 Å². The van der Waals surface area contributed by atoms with Crippen molar-refractivity contribution in [1.82, 2.24) is 20.1 Å². The number of anilines is 1. The fourth-order valence-electron chi connectivity index (χ4n) is 4.41. The van der Waals surface area contributed by atoms with Crippen molar-refractivity contribution < 1.29 is 9.21 Å². The molecular weight excluding hydrogens is 354 g/mol. The molecule has 1 amide bonds. The zero-order chi connectivity index (χ0) is 19.1. The normalized spacial score (nSPS) is 18.6. The summed E-state index contributed by atoms with van der Waals surface area (Å²) in [4.78, 5) is 21.2. The van der Waals surface area contributed by atoms with Gasteiger partial charge in [0.2, 0.25) is 17.7 Å². The number of fused-ring (bicyclic) bond motifs is 2. The molecule has 2 aliphatic rings. The van der Waals surface area contributed by atoms with Gasteiger partial charge in [-0.25, -0.2) is 0 Å². The van der Waals surface area contributed by atoms with E-state index >= 15 is 0 Å². The van der Waals surface area contributed by atoms with E-state index in [4.69, 9.17) is 4.42 Å². The second kappa shape index (κ2) is 6.53. The number of para-hydroxylation sites is 1. The molecule has 28 heavy (non-hydrogen) atoms. The monoisotopic (exact) mass is 375 g/mol. The van der Waals surface area contributed by atoms with Crippen LogP contribution in [0.4, 0.5) is 5.69 Å². The lowest BCUT2D eigenvalue weighted by Gasteiger charge is -2.37. The van der Waals surface area contributed by atoms with Gasteiger partial charge in [-0.15, -0.1) is 10.2 Å². The lowest BCUT2D eigenvalue weighted by atomic mass is 9.73. The molecule has 5 rings (SSSR count). The maximum atomic E-state index is 13.0. The Morgan fingerprint density at radius 1 is 1.11 bits per heavy atom. The first-order valence-electron chi connectivity index (χ1n) is 9.50. The van der Waals surface area contributed by atoms with Crippen LogP contribution in [0.1, 0.15) is 24.3 Å². The summed E-state index contributed by atoms with van der Waals surface area (Å²) >= 11 is 0. The van der Waals surface area contributed by atoms with Crippen LogP contribution in [-0.4, -0.2) is 46.1 Å². The van der Waals surface area contributed by atoms with E-state index in [0.717, 1.165) is 37.2 Å². The van der Waals surface area contributed by atoms with Gasteiger partial charge in [0.25, 0.3) is 0 Å². The van der Waals surface area contributed by atoms with Crippen molar-refractivity contribution in [2.24, 2.45) is 0 Å². The minimum Gasteiger partial charge on any atom is -0.419 e. The van der Waals surface area contributed by atoms with Crippen molar-refractivity contribution in [3.63, 3.8) is 0 Å². The van der Waals surface area contributed by atoms with Crippen molar-refractivity contribution in [2.75, 3.05) is 25.0 Å². The summed E-state index contributed by atoms with van der Waals surface area (Å²) in [6.45, 7) is 2.23. The number of nitrogens with zero attached hydrogens (tertiary/aromatic N) is 5. The Labute approximate surface area is 163 Å². The number of aromatic nitrogens is 3. The van der Waals surface area contributed by atoms with Crippen molar-refractivity contribution in [1.29, 1.82) is 0 Å². The molecule has 0 saturated carbocycles. The number of hydrogen-bond acceptors (Lipinski definition) is 6. The van der Waals surface area contributed by atoms with Crippen LogP contribution in [0.15, 0.2) is 53.2 Å². The summed E-state index contributed by atoms with van der Waals surface area (Å²) in [6, 6.07) is 11.9. The smallest absolute Gasteiger partial charge is 0.249 e. The number of hydrogen-bond donors (Lipinski definition) is 0. The van der Waals surface area contributed by atoms with Gasteiger partial charge in [0, 0.05) is 38.2 Å². The molecule has 0 aliphatic carbocycles. The predicted molar refractivity (Wildman–Crippen MR) is 104 cm³/mol. The van der Waals surface area contributed by atoms with Gasteiger partial charge in [0.1, 0.15) is 0 Å². The number of pyridine rings is 1. The largest absolute Gasteiger partial charge is 0.419 e. The molecule has 7 heteroatoms. The van der Waals surface area contributed by atoms with Gasteiger partial charge in [-0.3, -0.25) is 14.7 Å². The van der Waals surface area contributed by atoms with Gasteiger partial charge in [-0.05, 0) is 36.6 Å². The minimum atomic E-state index is -0.391. The van der Waals surface area contributed by atoms with Crippen molar-refractivity contribution >= 4 is 11.6 Å². The molecule has 0 radical (unpaired) electrons. The van der Waals surface area contributed by atoms with Gasteiger partial charge < -0.3 is 9.32 Å². The average molecular weight is 375 g/mol. The van der Waals surface area contributed by atoms with Crippen molar-refractivity contribution in [3.05, 3.63) is 60.2 Å². The quantitative estimate of drug-likeness (QED) is 0.701. The van der Waals surface area contributed by atoms with E-state index in [0.29, 0.717) is 18.3 Å². The van der Waals surface area contributed by atoms with Crippen LogP contribution in [0.5, 0.6) is 0 Å². The molecule has 3 aromatic rings. The Hall–Kier alpha value is -3.06. The SMILES string of the molecule is CN1C(=O)C2(CCN(Cc3nnc(-c4cccnc4)o3)CC2)c2ccccc21. The molecule has 142 valence electrons. The van der Waals surface area contributed by atoms with Crippen molar-refractivity contribution in [2.45, 2.75) is 24.8 Å². The molecule has 4 heterocycles. The van der Waals surface area contributed by atoms with Gasteiger partial charge in [0.15, 0.2) is 0 Å². The Morgan fingerprint density at radius 2 is 1.93 bits per heavy atom. The standard InChI is InChI=1S/C21H21N5O2/c1-25-17-7-3-2-6-16(17)21(20(25)27)8-11-26(12-9-21)14-18-23-24-19(28-18)15-5-4-10-22-13-15/h2-7,10,13H,8-9,11-12,14H2,1H3. The van der Waals surface area contributed by atoms with E-state index < -0.39 is 5.41 Å². The number of rotatable bonds is 3. The molecule has 1 spiro atoms. The molecule has 0 atom stereocenters. The highest BCUT2D eigenvalue weighted by molar-refractivity contribution is 6.07. The number of piperidine rings is 1. The van der Waals surface area contributed by atoms with Crippen LogP contribution >= 0.6 is 0 Å². The highest BCUT2D eigenvalue weighted by atomic mass is 16.4. The highest BCUT2D eigenvalue weighted by Gasteiger charge is 2.50. The molecule has 1 saturated heterocycles. The fraction of sp³-hybridized carbons (Fsp3) is 0.333. The molecule has 0 bridgehead atoms. The van der Waals surface area contributed by atoms with Crippen LogP contribution in [0, 0.1) is 0 Å².